The van der Waals surface area contributed by atoms with Crippen molar-refractivity contribution in [2.45, 2.75) is 59.0 Å². The zero-order valence-electron chi connectivity index (χ0n) is 14.4. The number of aryl methyl sites for hydroxylation is 1. The number of hydrogen-bond acceptors (Lipinski definition) is 2. The molecule has 0 heterocycles. The van der Waals surface area contributed by atoms with Crippen molar-refractivity contribution < 1.29 is 0 Å². The first-order valence-corrected chi connectivity index (χ1v) is 8.23. The first kappa shape index (κ1) is 16.5. The van der Waals surface area contributed by atoms with Gasteiger partial charge in [0.15, 0.2) is 0 Å². The lowest BCUT2D eigenvalue weighted by molar-refractivity contribution is -0.00113. The summed E-state index contributed by atoms with van der Waals surface area (Å²) in [5.74, 6) is 0.748. The molecule has 2 N–H and O–H groups in total. The van der Waals surface area contributed by atoms with Gasteiger partial charge in [-0.3, -0.25) is 4.90 Å². The fourth-order valence-corrected chi connectivity index (χ4v) is 4.44. The fraction of sp³-hybridized carbons (Fsp3) is 0.684. The van der Waals surface area contributed by atoms with Crippen LogP contribution in [0.2, 0.25) is 0 Å². The van der Waals surface area contributed by atoms with E-state index in [1.165, 1.54) is 30.4 Å². The third-order valence-electron chi connectivity index (χ3n) is 5.17. The third-order valence-corrected chi connectivity index (χ3v) is 5.17. The Balaban J connectivity index is 2.17. The predicted octanol–water partition coefficient (Wildman–Crippen LogP) is 3.97. The van der Waals surface area contributed by atoms with Crippen LogP contribution < -0.4 is 5.73 Å². The van der Waals surface area contributed by atoms with E-state index in [0.717, 1.165) is 19.0 Å². The highest BCUT2D eigenvalue weighted by molar-refractivity contribution is 5.21. The van der Waals surface area contributed by atoms with Crippen LogP contribution >= 0.6 is 0 Å². The zero-order chi connectivity index (χ0) is 15.7. The van der Waals surface area contributed by atoms with Gasteiger partial charge in [0, 0.05) is 18.6 Å². The Morgan fingerprint density at radius 1 is 1.19 bits per heavy atom. The normalized spacial score (nSPS) is 28.8. The van der Waals surface area contributed by atoms with E-state index in [1.54, 1.807) is 0 Å². The summed E-state index contributed by atoms with van der Waals surface area (Å²) in [7, 11) is 2.25. The van der Waals surface area contributed by atoms with Crippen LogP contribution in [0.1, 0.15) is 51.2 Å². The predicted molar refractivity (Wildman–Crippen MR) is 91.2 cm³/mol. The van der Waals surface area contributed by atoms with Crippen molar-refractivity contribution in [3.05, 3.63) is 35.4 Å². The highest BCUT2D eigenvalue weighted by Gasteiger charge is 2.44. The maximum absolute atomic E-state index is 6.26. The minimum absolute atomic E-state index is 0.145. The summed E-state index contributed by atoms with van der Waals surface area (Å²) in [6.07, 6.45) is 3.73. The lowest BCUT2D eigenvalue weighted by Gasteiger charge is -2.52. The molecule has 1 aromatic carbocycles. The lowest BCUT2D eigenvalue weighted by atomic mass is 9.63. The van der Waals surface area contributed by atoms with Crippen LogP contribution in [0.15, 0.2) is 24.3 Å². The zero-order valence-corrected chi connectivity index (χ0v) is 14.4. The summed E-state index contributed by atoms with van der Waals surface area (Å²) in [6, 6.07) is 8.89. The van der Waals surface area contributed by atoms with Crippen LogP contribution in [0.5, 0.6) is 0 Å². The third kappa shape index (κ3) is 3.87. The molecule has 0 aromatic heterocycles. The van der Waals surface area contributed by atoms with E-state index in [4.69, 9.17) is 5.73 Å². The molecule has 0 radical (unpaired) electrons. The van der Waals surface area contributed by atoms with Crippen LogP contribution in [0.4, 0.5) is 0 Å². The number of hydrogen-bond donors (Lipinski definition) is 1. The molecule has 2 atom stereocenters. The molecule has 2 nitrogen and oxygen atoms in total. The smallest absolute Gasteiger partial charge is 0.0339 e. The van der Waals surface area contributed by atoms with Crippen LogP contribution in [0.3, 0.4) is 0 Å². The number of nitrogens with zero attached hydrogens (tertiary/aromatic N) is 1. The van der Waals surface area contributed by atoms with E-state index >= 15 is 0 Å². The second-order valence-corrected chi connectivity index (χ2v) is 8.12. The van der Waals surface area contributed by atoms with Gasteiger partial charge in [-0.15, -0.1) is 0 Å². The summed E-state index contributed by atoms with van der Waals surface area (Å²) in [5.41, 5.74) is 9.49. The Hall–Kier alpha value is -0.860. The highest BCUT2D eigenvalue weighted by Crippen LogP contribution is 2.46. The molecule has 21 heavy (non-hydrogen) atoms. The highest BCUT2D eigenvalue weighted by atomic mass is 15.2. The van der Waals surface area contributed by atoms with Crippen molar-refractivity contribution in [2.24, 2.45) is 17.1 Å². The van der Waals surface area contributed by atoms with Crippen LogP contribution in [0, 0.1) is 18.3 Å². The Kier molecular flexibility index (Phi) is 4.79. The van der Waals surface area contributed by atoms with Gasteiger partial charge in [0.2, 0.25) is 0 Å². The number of nitrogens with two attached hydrogens (primary N) is 1. The molecule has 0 aliphatic heterocycles. The molecule has 1 aliphatic carbocycles. The van der Waals surface area contributed by atoms with E-state index in [0.29, 0.717) is 5.41 Å². The van der Waals surface area contributed by atoms with Crippen molar-refractivity contribution in [3.63, 3.8) is 0 Å². The van der Waals surface area contributed by atoms with E-state index < -0.39 is 0 Å². The summed E-state index contributed by atoms with van der Waals surface area (Å²) < 4.78 is 0. The van der Waals surface area contributed by atoms with Gasteiger partial charge in [-0.2, -0.15) is 0 Å². The van der Waals surface area contributed by atoms with Crippen LogP contribution in [-0.2, 0) is 6.54 Å². The quantitative estimate of drug-likeness (QED) is 0.908. The van der Waals surface area contributed by atoms with E-state index in [-0.39, 0.29) is 5.54 Å². The first-order chi connectivity index (χ1) is 9.76. The van der Waals surface area contributed by atoms with Gasteiger partial charge in [0.25, 0.3) is 0 Å². The van der Waals surface area contributed by atoms with Gasteiger partial charge in [-0.1, -0.05) is 50.6 Å². The van der Waals surface area contributed by atoms with Crippen molar-refractivity contribution in [1.82, 2.24) is 4.90 Å². The SMILES string of the molecule is Cc1ccc(CN(C)C2(CN)CC(C)CC(C)(C)C2)cc1. The Morgan fingerprint density at radius 3 is 2.33 bits per heavy atom. The molecule has 0 spiro atoms. The molecule has 0 amide bonds. The van der Waals surface area contributed by atoms with Gasteiger partial charge in [-0.05, 0) is 50.1 Å². The molecule has 118 valence electrons. The summed E-state index contributed by atoms with van der Waals surface area (Å²) in [5, 5.41) is 0. The number of rotatable bonds is 4. The average Bonchev–Trinajstić information content (AvgIpc) is 2.38. The largest absolute Gasteiger partial charge is 0.329 e. The summed E-state index contributed by atoms with van der Waals surface area (Å²) in [4.78, 5) is 2.51. The summed E-state index contributed by atoms with van der Waals surface area (Å²) in [6.45, 7) is 11.0. The van der Waals surface area contributed by atoms with Gasteiger partial charge in [0.1, 0.15) is 0 Å². The Labute approximate surface area is 130 Å². The molecule has 1 aliphatic rings. The minimum Gasteiger partial charge on any atom is -0.329 e. The molecule has 1 saturated carbocycles. The van der Waals surface area contributed by atoms with E-state index in [1.807, 2.05) is 0 Å². The lowest BCUT2D eigenvalue weighted by Crippen LogP contribution is -2.57. The van der Waals surface area contributed by atoms with Gasteiger partial charge < -0.3 is 5.73 Å². The summed E-state index contributed by atoms with van der Waals surface area (Å²) >= 11 is 0. The molecule has 0 bridgehead atoms. The van der Waals surface area contributed by atoms with Gasteiger partial charge >= 0.3 is 0 Å². The Bertz CT molecular complexity index is 463. The molecular formula is C19H32N2. The average molecular weight is 288 g/mol. The minimum atomic E-state index is 0.145. The second kappa shape index (κ2) is 6.10. The van der Waals surface area contributed by atoms with E-state index in [9.17, 15) is 0 Å². The molecule has 1 fully saturated rings. The van der Waals surface area contributed by atoms with Crippen molar-refractivity contribution in [1.29, 1.82) is 0 Å². The van der Waals surface area contributed by atoms with Crippen molar-refractivity contribution in [3.8, 4) is 0 Å². The molecule has 2 rings (SSSR count). The monoisotopic (exact) mass is 288 g/mol. The van der Waals surface area contributed by atoms with Gasteiger partial charge in [-0.25, -0.2) is 0 Å². The number of benzene rings is 1. The van der Waals surface area contributed by atoms with Crippen molar-refractivity contribution >= 4 is 0 Å². The maximum Gasteiger partial charge on any atom is 0.0339 e. The first-order valence-electron chi connectivity index (χ1n) is 8.23. The topological polar surface area (TPSA) is 29.3 Å². The molecule has 2 unspecified atom stereocenters. The Morgan fingerprint density at radius 2 is 1.81 bits per heavy atom. The molecule has 1 aromatic rings. The molecule has 0 saturated heterocycles. The van der Waals surface area contributed by atoms with Crippen LogP contribution in [0.25, 0.3) is 0 Å². The second-order valence-electron chi connectivity index (χ2n) is 8.12. The standard InChI is InChI=1S/C19H32N2/c1-15-6-8-17(9-7-15)12-21(5)19(14-20)11-16(2)10-18(3,4)13-19/h6-9,16H,10-14,20H2,1-5H3. The maximum atomic E-state index is 6.26. The van der Waals surface area contributed by atoms with E-state index in [2.05, 4.69) is 63.9 Å². The van der Waals surface area contributed by atoms with Gasteiger partial charge in [0.05, 0.1) is 0 Å². The molecular weight excluding hydrogens is 256 g/mol. The van der Waals surface area contributed by atoms with Crippen LogP contribution in [-0.4, -0.2) is 24.0 Å². The van der Waals surface area contributed by atoms with Crippen molar-refractivity contribution in [2.75, 3.05) is 13.6 Å². The fourth-order valence-electron chi connectivity index (χ4n) is 4.44. The molecule has 2 heteroatoms. The number of likely N-dealkylation sites (N-methyl/N-ethyl adjacent to an activating group) is 1.